The maximum atomic E-state index is 5.88. The van der Waals surface area contributed by atoms with Crippen molar-refractivity contribution >= 4 is 21.7 Å². The van der Waals surface area contributed by atoms with Crippen LogP contribution in [0.25, 0.3) is 11.3 Å². The normalized spacial score (nSPS) is 14.2. The Bertz CT molecular complexity index is 626. The zero-order valence-electron chi connectivity index (χ0n) is 10.1. The number of imidazole rings is 1. The Hall–Kier alpha value is -1.89. The van der Waals surface area contributed by atoms with Crippen LogP contribution in [-0.2, 0) is 0 Å². The van der Waals surface area contributed by atoms with E-state index in [1.807, 2.05) is 12.1 Å². The average Bonchev–Trinajstić information content (AvgIpc) is 2.62. The van der Waals surface area contributed by atoms with Gasteiger partial charge in [-0.3, -0.25) is 0 Å². The Balaban J connectivity index is 2.11. The number of ether oxygens (including phenoxy) is 2. The number of hydrogen-bond donors (Lipinski definition) is 2. The largest absolute Gasteiger partial charge is 0.489 e. The molecule has 0 saturated carbocycles. The van der Waals surface area contributed by atoms with Crippen molar-refractivity contribution in [3.63, 3.8) is 0 Å². The van der Waals surface area contributed by atoms with Crippen LogP contribution in [-0.4, -0.2) is 22.9 Å². The third kappa shape index (κ3) is 2.10. The highest BCUT2D eigenvalue weighted by atomic mass is 79.9. The first kappa shape index (κ1) is 12.2. The number of halogens is 1. The number of benzene rings is 1. The van der Waals surface area contributed by atoms with E-state index in [1.54, 1.807) is 0 Å². The molecule has 0 fully saturated rings. The number of rotatable bonds is 1. The molecule has 1 aliphatic heterocycles. The fourth-order valence-electron chi connectivity index (χ4n) is 1.96. The van der Waals surface area contributed by atoms with E-state index < -0.39 is 0 Å². The number of anilines is 1. The maximum Gasteiger partial charge on any atom is 0.175 e. The first-order chi connectivity index (χ1) is 9.16. The van der Waals surface area contributed by atoms with Crippen LogP contribution in [0.3, 0.4) is 0 Å². The van der Waals surface area contributed by atoms with Crippen LogP contribution < -0.4 is 21.1 Å². The van der Waals surface area contributed by atoms with Gasteiger partial charge in [0.1, 0.15) is 17.8 Å². The van der Waals surface area contributed by atoms with Crippen molar-refractivity contribution in [3.05, 3.63) is 22.9 Å². The molecule has 3 rings (SSSR count). The molecule has 0 radical (unpaired) electrons. The van der Waals surface area contributed by atoms with E-state index >= 15 is 0 Å². The highest BCUT2D eigenvalue weighted by Crippen LogP contribution is 2.41. The van der Waals surface area contributed by atoms with Crippen LogP contribution in [0.5, 0.6) is 11.5 Å². The van der Waals surface area contributed by atoms with Gasteiger partial charge in [-0.25, -0.2) is 9.66 Å². The Kier molecular flexibility index (Phi) is 2.98. The number of nitrogens with zero attached hydrogens (tertiary/aromatic N) is 2. The summed E-state index contributed by atoms with van der Waals surface area (Å²) >= 11 is 3.48. The van der Waals surface area contributed by atoms with Crippen molar-refractivity contribution < 1.29 is 9.47 Å². The van der Waals surface area contributed by atoms with Gasteiger partial charge in [-0.2, -0.15) is 0 Å². The van der Waals surface area contributed by atoms with Gasteiger partial charge in [0.05, 0.1) is 17.7 Å². The first-order valence-electron chi connectivity index (χ1n) is 5.84. The summed E-state index contributed by atoms with van der Waals surface area (Å²) in [6.07, 6.45) is 2.33. The molecule has 0 saturated heterocycles. The van der Waals surface area contributed by atoms with Gasteiger partial charge in [-0.15, -0.1) is 0 Å². The van der Waals surface area contributed by atoms with Crippen molar-refractivity contribution in [2.45, 2.75) is 6.42 Å². The van der Waals surface area contributed by atoms with E-state index in [0.29, 0.717) is 36.2 Å². The second kappa shape index (κ2) is 4.65. The lowest BCUT2D eigenvalue weighted by atomic mass is 10.1. The Morgan fingerprint density at radius 3 is 2.79 bits per heavy atom. The molecule has 19 heavy (non-hydrogen) atoms. The fourth-order valence-corrected chi connectivity index (χ4v) is 2.52. The lowest BCUT2D eigenvalue weighted by molar-refractivity contribution is 0.296. The summed E-state index contributed by atoms with van der Waals surface area (Å²) < 4.78 is 13.4. The Labute approximate surface area is 118 Å². The summed E-state index contributed by atoms with van der Waals surface area (Å²) in [6.45, 7) is 1.27. The number of hydrogen-bond acceptors (Lipinski definition) is 5. The monoisotopic (exact) mass is 324 g/mol. The van der Waals surface area contributed by atoms with Crippen molar-refractivity contribution in [2.75, 3.05) is 24.8 Å². The molecular formula is C12H13BrN4O2. The number of nitrogen functional groups attached to an aromatic ring is 2. The SMILES string of the molecule is Nc1c(-c2cc(Br)c3c(c2)OCCCO3)ncn1N. The molecule has 0 aliphatic carbocycles. The van der Waals surface area contributed by atoms with Gasteiger partial charge in [0.2, 0.25) is 0 Å². The van der Waals surface area contributed by atoms with Crippen molar-refractivity contribution in [1.29, 1.82) is 0 Å². The first-order valence-corrected chi connectivity index (χ1v) is 6.63. The average molecular weight is 325 g/mol. The predicted molar refractivity (Wildman–Crippen MR) is 75.5 cm³/mol. The molecule has 2 aromatic rings. The molecule has 0 bridgehead atoms. The van der Waals surface area contributed by atoms with Gasteiger partial charge in [0.25, 0.3) is 0 Å². The summed E-state index contributed by atoms with van der Waals surface area (Å²) in [5.74, 6) is 7.45. The van der Waals surface area contributed by atoms with Crippen LogP contribution >= 0.6 is 15.9 Å². The molecule has 100 valence electrons. The Morgan fingerprint density at radius 2 is 2.05 bits per heavy atom. The molecule has 7 heteroatoms. The van der Waals surface area contributed by atoms with Gasteiger partial charge in [-0.1, -0.05) is 0 Å². The quantitative estimate of drug-likeness (QED) is 0.780. The predicted octanol–water partition coefficient (Wildman–Crippen LogP) is 1.77. The minimum absolute atomic E-state index is 0.404. The van der Waals surface area contributed by atoms with E-state index in [4.69, 9.17) is 21.1 Å². The van der Waals surface area contributed by atoms with Gasteiger partial charge >= 0.3 is 0 Å². The second-order valence-corrected chi connectivity index (χ2v) is 5.08. The highest BCUT2D eigenvalue weighted by Gasteiger charge is 2.18. The molecule has 1 aromatic carbocycles. The minimum Gasteiger partial charge on any atom is -0.489 e. The van der Waals surface area contributed by atoms with Gasteiger partial charge in [0, 0.05) is 12.0 Å². The summed E-state index contributed by atoms with van der Waals surface area (Å²) in [5.41, 5.74) is 7.33. The molecule has 4 N–H and O–H groups in total. The molecule has 0 amide bonds. The lowest BCUT2D eigenvalue weighted by Crippen LogP contribution is -2.10. The lowest BCUT2D eigenvalue weighted by Gasteiger charge is -2.11. The summed E-state index contributed by atoms with van der Waals surface area (Å²) in [7, 11) is 0. The number of aromatic nitrogens is 2. The third-order valence-electron chi connectivity index (χ3n) is 2.91. The number of nitrogens with two attached hydrogens (primary N) is 2. The van der Waals surface area contributed by atoms with E-state index in [1.165, 1.54) is 11.0 Å². The molecular weight excluding hydrogens is 312 g/mol. The molecule has 1 aliphatic rings. The molecule has 2 heterocycles. The summed E-state index contributed by atoms with van der Waals surface area (Å²) in [6, 6.07) is 3.76. The fraction of sp³-hybridized carbons (Fsp3) is 0.250. The van der Waals surface area contributed by atoms with E-state index in [-0.39, 0.29) is 0 Å². The second-order valence-electron chi connectivity index (χ2n) is 4.22. The zero-order chi connectivity index (χ0) is 13.4. The molecule has 0 unspecified atom stereocenters. The van der Waals surface area contributed by atoms with Crippen LogP contribution in [0.4, 0.5) is 5.82 Å². The molecule has 0 spiro atoms. The topological polar surface area (TPSA) is 88.3 Å². The van der Waals surface area contributed by atoms with Crippen LogP contribution in [0.15, 0.2) is 22.9 Å². The molecule has 0 atom stereocenters. The summed E-state index contributed by atoms with van der Waals surface area (Å²) in [4.78, 5) is 4.19. The van der Waals surface area contributed by atoms with Crippen molar-refractivity contribution in [3.8, 4) is 22.8 Å². The number of fused-ring (bicyclic) bond motifs is 1. The smallest absolute Gasteiger partial charge is 0.175 e. The highest BCUT2D eigenvalue weighted by molar-refractivity contribution is 9.10. The van der Waals surface area contributed by atoms with E-state index in [0.717, 1.165) is 16.5 Å². The van der Waals surface area contributed by atoms with Gasteiger partial charge in [-0.05, 0) is 28.1 Å². The molecule has 1 aromatic heterocycles. The van der Waals surface area contributed by atoms with Gasteiger partial charge in [0.15, 0.2) is 11.5 Å². The van der Waals surface area contributed by atoms with Crippen LogP contribution in [0, 0.1) is 0 Å². The van der Waals surface area contributed by atoms with Crippen molar-refractivity contribution in [1.82, 2.24) is 9.66 Å². The van der Waals surface area contributed by atoms with Crippen LogP contribution in [0.1, 0.15) is 6.42 Å². The maximum absolute atomic E-state index is 5.88. The molecule has 6 nitrogen and oxygen atoms in total. The van der Waals surface area contributed by atoms with Crippen LogP contribution in [0.2, 0.25) is 0 Å². The van der Waals surface area contributed by atoms with E-state index in [9.17, 15) is 0 Å². The van der Waals surface area contributed by atoms with E-state index in [2.05, 4.69) is 20.9 Å². The van der Waals surface area contributed by atoms with Crippen molar-refractivity contribution in [2.24, 2.45) is 0 Å². The minimum atomic E-state index is 0.404. The standard InChI is InChI=1S/C12H13BrN4O2/c13-8-4-7(10-12(14)17(15)6-16-10)5-9-11(8)19-3-1-2-18-9/h4-6H,1-3,14-15H2. The van der Waals surface area contributed by atoms with Gasteiger partial charge < -0.3 is 21.1 Å². The third-order valence-corrected chi connectivity index (χ3v) is 3.50. The summed E-state index contributed by atoms with van der Waals surface area (Å²) in [5, 5.41) is 0. The Morgan fingerprint density at radius 1 is 1.26 bits per heavy atom. The zero-order valence-corrected chi connectivity index (χ0v) is 11.7.